The van der Waals surface area contributed by atoms with Gasteiger partial charge < -0.3 is 10.6 Å². The van der Waals surface area contributed by atoms with Gasteiger partial charge in [0.1, 0.15) is 11.6 Å². The molecule has 2 aromatic carbocycles. The van der Waals surface area contributed by atoms with Gasteiger partial charge in [-0.3, -0.25) is 19.6 Å². The summed E-state index contributed by atoms with van der Waals surface area (Å²) in [6.45, 7) is 0. The number of aromatic nitrogens is 2. The van der Waals surface area contributed by atoms with Crippen molar-refractivity contribution in [3.8, 4) is 0 Å². The number of halogens is 2. The van der Waals surface area contributed by atoms with Crippen LogP contribution < -0.4 is 10.6 Å². The number of amides is 2. The van der Waals surface area contributed by atoms with Gasteiger partial charge in [0.05, 0.1) is 0 Å². The summed E-state index contributed by atoms with van der Waals surface area (Å²) in [6, 6.07) is 17.6. The molecule has 0 radical (unpaired) electrons. The van der Waals surface area contributed by atoms with Gasteiger partial charge in [0.15, 0.2) is 0 Å². The third kappa shape index (κ3) is 6.81. The number of nitrogens with one attached hydrogen (secondary N) is 2. The summed E-state index contributed by atoms with van der Waals surface area (Å²) in [5.41, 5.74) is 2.14. The third-order valence-electron chi connectivity index (χ3n) is 4.09. The topological polar surface area (TPSA) is 84.0 Å². The smallest absolute Gasteiger partial charge is 0.255 e. The quantitative estimate of drug-likeness (QED) is 0.478. The van der Waals surface area contributed by atoms with Crippen molar-refractivity contribution in [1.82, 2.24) is 9.97 Å². The van der Waals surface area contributed by atoms with Crippen LogP contribution in [0.15, 0.2) is 97.6 Å². The Morgan fingerprint density at radius 3 is 1.16 bits per heavy atom. The van der Waals surface area contributed by atoms with Crippen LogP contribution in [0.5, 0.6) is 0 Å². The summed E-state index contributed by atoms with van der Waals surface area (Å²) in [5.74, 6) is -1.15. The molecular weight excluding hydrogens is 414 g/mol. The summed E-state index contributed by atoms with van der Waals surface area (Å²) in [6.07, 6.45) is 6.16. The lowest BCUT2D eigenvalue weighted by Crippen LogP contribution is -2.11. The first-order valence-corrected chi connectivity index (χ1v) is 9.45. The zero-order valence-electron chi connectivity index (χ0n) is 16.7. The average Bonchev–Trinajstić information content (AvgIpc) is 2.83. The van der Waals surface area contributed by atoms with Crippen molar-refractivity contribution < 1.29 is 18.4 Å². The molecule has 0 saturated heterocycles. The van der Waals surface area contributed by atoms with E-state index in [4.69, 9.17) is 0 Å². The highest BCUT2D eigenvalue weighted by atomic mass is 19.1. The zero-order valence-corrected chi connectivity index (χ0v) is 16.7. The molecule has 2 aromatic heterocycles. The van der Waals surface area contributed by atoms with Crippen LogP contribution in [-0.2, 0) is 0 Å². The molecule has 0 spiro atoms. The van der Waals surface area contributed by atoms with Crippen LogP contribution in [0.4, 0.5) is 20.2 Å². The normalized spacial score (nSPS) is 9.81. The van der Waals surface area contributed by atoms with E-state index in [0.29, 0.717) is 22.5 Å². The van der Waals surface area contributed by atoms with Crippen LogP contribution in [0.3, 0.4) is 0 Å². The molecule has 0 saturated carbocycles. The van der Waals surface area contributed by atoms with Gasteiger partial charge in [-0.1, -0.05) is 0 Å². The number of pyridine rings is 2. The highest BCUT2D eigenvalue weighted by molar-refractivity contribution is 6.04. The lowest BCUT2D eigenvalue weighted by molar-refractivity contribution is 0.101. The minimum absolute atomic E-state index is 0.242. The SMILES string of the molecule is O=C(Nc1ccc(F)cc1)c1ccncc1.O=C(Nc1ccc(F)cc1)c1ccncc1. The van der Waals surface area contributed by atoms with E-state index in [1.165, 1.54) is 48.5 Å². The molecule has 0 unspecified atom stereocenters. The minimum Gasteiger partial charge on any atom is -0.322 e. The van der Waals surface area contributed by atoms with Crippen molar-refractivity contribution in [1.29, 1.82) is 0 Å². The number of anilines is 2. The Bertz CT molecular complexity index is 1060. The van der Waals surface area contributed by atoms with Crippen LogP contribution >= 0.6 is 0 Å². The van der Waals surface area contributed by atoms with E-state index in [1.54, 1.807) is 49.1 Å². The molecule has 4 rings (SSSR count). The van der Waals surface area contributed by atoms with Crippen molar-refractivity contribution in [3.05, 3.63) is 120 Å². The summed E-state index contributed by atoms with van der Waals surface area (Å²) >= 11 is 0. The standard InChI is InChI=1S/2C12H9FN2O/c2*13-10-1-3-11(4-2-10)15-12(16)9-5-7-14-8-6-9/h2*1-8H,(H,15,16). The van der Waals surface area contributed by atoms with Crippen molar-refractivity contribution in [2.75, 3.05) is 10.6 Å². The molecule has 0 aliphatic rings. The number of nitrogens with zero attached hydrogens (tertiary/aromatic N) is 2. The number of carbonyl (C=O) groups is 2. The maximum Gasteiger partial charge on any atom is 0.255 e. The van der Waals surface area contributed by atoms with E-state index < -0.39 is 0 Å². The number of hydrogen-bond donors (Lipinski definition) is 2. The van der Waals surface area contributed by atoms with Gasteiger partial charge in [-0.25, -0.2) is 8.78 Å². The van der Waals surface area contributed by atoms with E-state index in [-0.39, 0.29) is 23.4 Å². The summed E-state index contributed by atoms with van der Waals surface area (Å²) in [5, 5.41) is 5.30. The van der Waals surface area contributed by atoms with Crippen LogP contribution in [0.2, 0.25) is 0 Å². The highest BCUT2D eigenvalue weighted by Gasteiger charge is 2.05. The van der Waals surface area contributed by atoms with Gasteiger partial charge in [0, 0.05) is 47.3 Å². The van der Waals surface area contributed by atoms with Gasteiger partial charge in [-0.2, -0.15) is 0 Å². The maximum absolute atomic E-state index is 12.6. The molecule has 2 amide bonds. The van der Waals surface area contributed by atoms with Gasteiger partial charge >= 0.3 is 0 Å². The Morgan fingerprint density at radius 1 is 0.531 bits per heavy atom. The Morgan fingerprint density at radius 2 is 0.844 bits per heavy atom. The van der Waals surface area contributed by atoms with Gasteiger partial charge in [0.25, 0.3) is 11.8 Å². The van der Waals surface area contributed by atoms with E-state index >= 15 is 0 Å². The maximum atomic E-state index is 12.6. The molecule has 0 bridgehead atoms. The molecule has 6 nitrogen and oxygen atoms in total. The fourth-order valence-corrected chi connectivity index (χ4v) is 2.48. The monoisotopic (exact) mass is 432 g/mol. The lowest BCUT2D eigenvalue weighted by atomic mass is 10.2. The summed E-state index contributed by atoms with van der Waals surface area (Å²) < 4.78 is 25.3. The van der Waals surface area contributed by atoms with Gasteiger partial charge in [-0.15, -0.1) is 0 Å². The van der Waals surface area contributed by atoms with Crippen molar-refractivity contribution in [2.45, 2.75) is 0 Å². The van der Waals surface area contributed by atoms with Crippen LogP contribution in [0, 0.1) is 11.6 Å². The number of carbonyl (C=O) groups excluding carboxylic acids is 2. The first-order chi connectivity index (χ1) is 15.5. The zero-order chi connectivity index (χ0) is 22.8. The second kappa shape index (κ2) is 11.1. The molecule has 8 heteroatoms. The predicted octanol–water partition coefficient (Wildman–Crippen LogP) is 4.95. The number of hydrogen-bond acceptors (Lipinski definition) is 4. The fraction of sp³-hybridized carbons (Fsp3) is 0. The Labute approximate surface area is 183 Å². The van der Waals surface area contributed by atoms with Crippen LogP contribution in [0.25, 0.3) is 0 Å². The van der Waals surface area contributed by atoms with Gasteiger partial charge in [-0.05, 0) is 72.8 Å². The van der Waals surface area contributed by atoms with Crippen LogP contribution in [0.1, 0.15) is 20.7 Å². The lowest BCUT2D eigenvalue weighted by Gasteiger charge is -2.04. The highest BCUT2D eigenvalue weighted by Crippen LogP contribution is 2.11. The van der Waals surface area contributed by atoms with E-state index in [2.05, 4.69) is 20.6 Å². The molecular formula is C24H18F2N4O2. The van der Waals surface area contributed by atoms with E-state index in [9.17, 15) is 18.4 Å². The van der Waals surface area contributed by atoms with Crippen molar-refractivity contribution in [3.63, 3.8) is 0 Å². The fourth-order valence-electron chi connectivity index (χ4n) is 2.48. The third-order valence-corrected chi connectivity index (χ3v) is 4.09. The Balaban J connectivity index is 0.000000181. The molecule has 0 aliphatic carbocycles. The first kappa shape index (κ1) is 22.2. The Kier molecular flexibility index (Phi) is 7.69. The number of rotatable bonds is 4. The predicted molar refractivity (Wildman–Crippen MR) is 117 cm³/mol. The second-order valence-corrected chi connectivity index (χ2v) is 6.39. The van der Waals surface area contributed by atoms with Crippen molar-refractivity contribution >= 4 is 23.2 Å². The molecule has 32 heavy (non-hydrogen) atoms. The first-order valence-electron chi connectivity index (χ1n) is 9.45. The molecule has 0 atom stereocenters. The molecule has 0 aliphatic heterocycles. The molecule has 160 valence electrons. The summed E-state index contributed by atoms with van der Waals surface area (Å²) in [7, 11) is 0. The minimum atomic E-state index is -0.332. The molecule has 4 aromatic rings. The van der Waals surface area contributed by atoms with Crippen LogP contribution in [-0.4, -0.2) is 21.8 Å². The Hall–Kier alpha value is -4.46. The van der Waals surface area contributed by atoms with Crippen molar-refractivity contribution in [2.24, 2.45) is 0 Å². The average molecular weight is 432 g/mol. The largest absolute Gasteiger partial charge is 0.322 e. The summed E-state index contributed by atoms with van der Waals surface area (Å²) in [4.78, 5) is 31.0. The van der Waals surface area contributed by atoms with E-state index in [0.717, 1.165) is 0 Å². The van der Waals surface area contributed by atoms with E-state index in [1.807, 2.05) is 0 Å². The second-order valence-electron chi connectivity index (χ2n) is 6.39. The molecule has 0 fully saturated rings. The molecule has 2 N–H and O–H groups in total. The van der Waals surface area contributed by atoms with Gasteiger partial charge in [0.2, 0.25) is 0 Å². The number of benzene rings is 2. The molecule has 2 heterocycles.